The van der Waals surface area contributed by atoms with Crippen LogP contribution in [0.1, 0.15) is 56.9 Å². The molecule has 2 atom stereocenters. The summed E-state index contributed by atoms with van der Waals surface area (Å²) in [7, 11) is 4.10. The van der Waals surface area contributed by atoms with Crippen LogP contribution in [0.25, 0.3) is 0 Å². The molecule has 0 aromatic heterocycles. The summed E-state index contributed by atoms with van der Waals surface area (Å²) >= 11 is 0. The molecule has 1 saturated heterocycles. The standard InChI is InChI=1S/C21H32N2O2/c1-16-15-19(11-14-25-16)22-20(24)21(23(2)3)12-9-18(10-13-21)17-7-5-4-6-8-17/h4-8,16,18-19H,9-15H2,1-3H3,(H,22,24)/t16-,18?,19-,21?/m0/s1. The summed E-state index contributed by atoms with van der Waals surface area (Å²) in [4.78, 5) is 15.3. The maximum Gasteiger partial charge on any atom is 0.240 e. The number of carbonyl (C=O) groups excluding carboxylic acids is 1. The predicted molar refractivity (Wildman–Crippen MR) is 101 cm³/mol. The van der Waals surface area contributed by atoms with Crippen molar-refractivity contribution in [2.75, 3.05) is 20.7 Å². The molecule has 0 unspecified atom stereocenters. The SMILES string of the molecule is C[C@H]1C[C@@H](NC(=O)C2(N(C)C)CCC(c3ccccc3)CC2)CCO1. The van der Waals surface area contributed by atoms with Crippen molar-refractivity contribution >= 4 is 5.91 Å². The number of nitrogens with zero attached hydrogens (tertiary/aromatic N) is 1. The van der Waals surface area contributed by atoms with Gasteiger partial charge in [-0.15, -0.1) is 0 Å². The van der Waals surface area contributed by atoms with Gasteiger partial charge in [0.25, 0.3) is 0 Å². The largest absolute Gasteiger partial charge is 0.378 e. The molecule has 0 spiro atoms. The van der Waals surface area contributed by atoms with Crippen LogP contribution in [0.3, 0.4) is 0 Å². The average molecular weight is 344 g/mol. The van der Waals surface area contributed by atoms with Crippen LogP contribution in [0.5, 0.6) is 0 Å². The van der Waals surface area contributed by atoms with Crippen LogP contribution >= 0.6 is 0 Å². The number of benzene rings is 1. The number of nitrogens with one attached hydrogen (secondary N) is 1. The predicted octanol–water partition coefficient (Wildman–Crippen LogP) is 3.33. The van der Waals surface area contributed by atoms with Crippen molar-refractivity contribution in [1.82, 2.24) is 10.2 Å². The van der Waals surface area contributed by atoms with E-state index in [9.17, 15) is 4.79 Å². The molecule has 25 heavy (non-hydrogen) atoms. The molecule has 138 valence electrons. The second-order valence-electron chi connectivity index (χ2n) is 7.99. The summed E-state index contributed by atoms with van der Waals surface area (Å²) in [5.41, 5.74) is 1.04. The highest BCUT2D eigenvalue weighted by atomic mass is 16.5. The minimum atomic E-state index is -0.368. The third-order valence-electron chi connectivity index (χ3n) is 6.18. The quantitative estimate of drug-likeness (QED) is 0.911. The molecule has 3 rings (SSSR count). The lowest BCUT2D eigenvalue weighted by Gasteiger charge is -2.44. The Balaban J connectivity index is 1.65. The summed E-state index contributed by atoms with van der Waals surface area (Å²) in [5, 5.41) is 3.34. The molecule has 2 aliphatic rings. The van der Waals surface area contributed by atoms with E-state index in [1.54, 1.807) is 0 Å². The van der Waals surface area contributed by atoms with Crippen molar-refractivity contribution in [3.05, 3.63) is 35.9 Å². The Kier molecular flexibility index (Phi) is 5.80. The Morgan fingerprint density at radius 2 is 1.84 bits per heavy atom. The van der Waals surface area contributed by atoms with Crippen molar-refractivity contribution in [2.45, 2.75) is 69.1 Å². The van der Waals surface area contributed by atoms with Gasteiger partial charge in [0, 0.05) is 12.6 Å². The van der Waals surface area contributed by atoms with Gasteiger partial charge in [-0.1, -0.05) is 30.3 Å². The number of amides is 1. The zero-order valence-corrected chi connectivity index (χ0v) is 15.8. The average Bonchev–Trinajstić information content (AvgIpc) is 2.62. The molecule has 4 heteroatoms. The molecule has 0 bridgehead atoms. The van der Waals surface area contributed by atoms with Gasteiger partial charge in [0.15, 0.2) is 0 Å². The van der Waals surface area contributed by atoms with E-state index in [0.29, 0.717) is 5.92 Å². The minimum Gasteiger partial charge on any atom is -0.378 e. The van der Waals surface area contributed by atoms with Gasteiger partial charge in [-0.3, -0.25) is 9.69 Å². The van der Waals surface area contributed by atoms with Crippen LogP contribution in [0.4, 0.5) is 0 Å². The maximum absolute atomic E-state index is 13.2. The molecular formula is C21H32N2O2. The monoisotopic (exact) mass is 344 g/mol. The fourth-order valence-corrected chi connectivity index (χ4v) is 4.48. The molecule has 1 heterocycles. The normalized spacial score (nSPS) is 33.2. The van der Waals surface area contributed by atoms with Crippen LogP contribution in [0.2, 0.25) is 0 Å². The van der Waals surface area contributed by atoms with E-state index in [1.165, 1.54) is 5.56 Å². The summed E-state index contributed by atoms with van der Waals surface area (Å²) in [6.45, 7) is 2.84. The summed E-state index contributed by atoms with van der Waals surface area (Å²) in [6.07, 6.45) is 6.06. The molecule has 1 saturated carbocycles. The number of carbonyl (C=O) groups is 1. The van der Waals surface area contributed by atoms with Crippen LogP contribution < -0.4 is 5.32 Å². The van der Waals surface area contributed by atoms with Gasteiger partial charge < -0.3 is 10.1 Å². The van der Waals surface area contributed by atoms with Gasteiger partial charge in [0.05, 0.1) is 11.6 Å². The van der Waals surface area contributed by atoms with E-state index < -0.39 is 0 Å². The van der Waals surface area contributed by atoms with E-state index in [2.05, 4.69) is 61.6 Å². The molecule has 0 radical (unpaired) electrons. The molecule has 1 aromatic rings. The Morgan fingerprint density at radius 1 is 1.16 bits per heavy atom. The highest BCUT2D eigenvalue weighted by Crippen LogP contribution is 2.40. The van der Waals surface area contributed by atoms with Crippen LogP contribution in [-0.4, -0.2) is 49.2 Å². The molecule has 1 N–H and O–H groups in total. The first-order chi connectivity index (χ1) is 12.0. The third-order valence-corrected chi connectivity index (χ3v) is 6.18. The van der Waals surface area contributed by atoms with Gasteiger partial charge in [0.1, 0.15) is 0 Å². The number of rotatable bonds is 4. The summed E-state index contributed by atoms with van der Waals surface area (Å²) < 4.78 is 5.61. The zero-order chi connectivity index (χ0) is 17.9. The maximum atomic E-state index is 13.2. The second-order valence-corrected chi connectivity index (χ2v) is 7.99. The fourth-order valence-electron chi connectivity index (χ4n) is 4.48. The number of ether oxygens (including phenoxy) is 1. The van der Waals surface area contributed by atoms with Gasteiger partial charge >= 0.3 is 0 Å². The van der Waals surface area contributed by atoms with Gasteiger partial charge in [-0.05, 0) is 71.0 Å². The number of hydrogen-bond acceptors (Lipinski definition) is 3. The topological polar surface area (TPSA) is 41.6 Å². The smallest absolute Gasteiger partial charge is 0.240 e. The van der Waals surface area contributed by atoms with E-state index >= 15 is 0 Å². The van der Waals surface area contributed by atoms with Crippen molar-refractivity contribution < 1.29 is 9.53 Å². The van der Waals surface area contributed by atoms with E-state index in [0.717, 1.165) is 45.1 Å². The van der Waals surface area contributed by atoms with Crippen LogP contribution in [0.15, 0.2) is 30.3 Å². The van der Waals surface area contributed by atoms with Gasteiger partial charge in [-0.25, -0.2) is 0 Å². The zero-order valence-electron chi connectivity index (χ0n) is 15.8. The van der Waals surface area contributed by atoms with Crippen molar-refractivity contribution in [2.24, 2.45) is 0 Å². The molecular weight excluding hydrogens is 312 g/mol. The Hall–Kier alpha value is -1.39. The van der Waals surface area contributed by atoms with E-state index in [4.69, 9.17) is 4.74 Å². The number of likely N-dealkylation sites (N-methyl/N-ethyl adjacent to an activating group) is 1. The van der Waals surface area contributed by atoms with Crippen molar-refractivity contribution in [3.63, 3.8) is 0 Å². The first-order valence-corrected chi connectivity index (χ1v) is 9.66. The van der Waals surface area contributed by atoms with Gasteiger partial charge in [-0.2, -0.15) is 0 Å². The molecule has 2 fully saturated rings. The lowest BCUT2D eigenvalue weighted by atomic mass is 9.73. The Bertz CT molecular complexity index is 565. The first kappa shape index (κ1) is 18.4. The third kappa shape index (κ3) is 4.06. The minimum absolute atomic E-state index is 0.211. The molecule has 1 aromatic carbocycles. The van der Waals surface area contributed by atoms with Crippen LogP contribution in [0, 0.1) is 0 Å². The summed E-state index contributed by atoms with van der Waals surface area (Å²) in [5.74, 6) is 0.785. The Morgan fingerprint density at radius 3 is 2.44 bits per heavy atom. The Labute approximate surface area is 151 Å². The van der Waals surface area contributed by atoms with Gasteiger partial charge in [0.2, 0.25) is 5.91 Å². The van der Waals surface area contributed by atoms with Crippen molar-refractivity contribution in [1.29, 1.82) is 0 Å². The molecule has 1 aliphatic heterocycles. The second kappa shape index (κ2) is 7.88. The number of hydrogen-bond donors (Lipinski definition) is 1. The lowest BCUT2D eigenvalue weighted by molar-refractivity contribution is -0.136. The van der Waals surface area contributed by atoms with Crippen molar-refractivity contribution in [3.8, 4) is 0 Å². The molecule has 1 amide bonds. The van der Waals surface area contributed by atoms with E-state index in [-0.39, 0.29) is 23.6 Å². The fraction of sp³-hybridized carbons (Fsp3) is 0.667. The highest BCUT2D eigenvalue weighted by Gasteiger charge is 2.44. The van der Waals surface area contributed by atoms with E-state index in [1.807, 2.05) is 0 Å². The van der Waals surface area contributed by atoms with Crippen LogP contribution in [-0.2, 0) is 9.53 Å². The summed E-state index contributed by atoms with van der Waals surface area (Å²) in [6, 6.07) is 11.0. The lowest BCUT2D eigenvalue weighted by Crippen LogP contribution is -2.60. The highest BCUT2D eigenvalue weighted by molar-refractivity contribution is 5.86. The first-order valence-electron chi connectivity index (χ1n) is 9.66. The molecule has 1 aliphatic carbocycles. The molecule has 4 nitrogen and oxygen atoms in total.